The van der Waals surface area contributed by atoms with E-state index >= 15 is 0 Å². The lowest BCUT2D eigenvalue weighted by Crippen LogP contribution is -2.57. The number of benzene rings is 2. The maximum Gasteiger partial charge on any atom is 0.273 e. The van der Waals surface area contributed by atoms with Crippen molar-refractivity contribution in [1.82, 2.24) is 4.98 Å². The Morgan fingerprint density at radius 3 is 2.31 bits per heavy atom. The van der Waals surface area contributed by atoms with Crippen molar-refractivity contribution < 1.29 is 14.5 Å². The van der Waals surface area contributed by atoms with E-state index in [4.69, 9.17) is 0 Å². The van der Waals surface area contributed by atoms with Gasteiger partial charge < -0.3 is 5.32 Å². The largest absolute Gasteiger partial charge is 0.301 e. The highest BCUT2D eigenvalue weighted by atomic mass is 32.1. The van der Waals surface area contributed by atoms with Crippen LogP contribution in [0.25, 0.3) is 0 Å². The average molecular weight is 448 g/mol. The van der Waals surface area contributed by atoms with Gasteiger partial charge in [-0.1, -0.05) is 48.5 Å². The topological polar surface area (TPSA) is 102 Å². The fourth-order valence-corrected chi connectivity index (χ4v) is 6.19. The van der Waals surface area contributed by atoms with E-state index in [-0.39, 0.29) is 35.4 Å². The van der Waals surface area contributed by atoms with Gasteiger partial charge in [-0.15, -0.1) is 11.3 Å². The Morgan fingerprint density at radius 2 is 1.75 bits per heavy atom. The molecular formula is C24H21N3O4S. The van der Waals surface area contributed by atoms with Crippen molar-refractivity contribution >= 4 is 28.2 Å². The molecule has 32 heavy (non-hydrogen) atoms. The lowest BCUT2D eigenvalue weighted by molar-refractivity contribution is -0.573. The molecule has 0 spiro atoms. The molecule has 1 unspecified atom stereocenters. The Balaban J connectivity index is 1.62. The predicted molar refractivity (Wildman–Crippen MR) is 120 cm³/mol. The summed E-state index contributed by atoms with van der Waals surface area (Å²) in [4.78, 5) is 41.8. The zero-order chi connectivity index (χ0) is 22.7. The minimum absolute atomic E-state index is 0.00846. The van der Waals surface area contributed by atoms with Gasteiger partial charge in [-0.05, 0) is 25.0 Å². The van der Waals surface area contributed by atoms with Crippen molar-refractivity contribution in [1.29, 1.82) is 0 Å². The molecule has 1 amide bonds. The van der Waals surface area contributed by atoms with Gasteiger partial charge in [0.2, 0.25) is 5.91 Å². The van der Waals surface area contributed by atoms with Crippen LogP contribution in [-0.2, 0) is 21.5 Å². The van der Waals surface area contributed by atoms with Crippen LogP contribution in [0, 0.1) is 15.5 Å². The molecule has 3 aliphatic carbocycles. The maximum absolute atomic E-state index is 13.7. The number of ketones is 1. The first-order chi connectivity index (χ1) is 15.3. The molecule has 0 radical (unpaired) electrons. The number of fused-ring (bicyclic) bond motifs is 1. The maximum atomic E-state index is 13.7. The lowest BCUT2D eigenvalue weighted by atomic mass is 9.49. The number of carbonyl (C=O) groups excluding carboxylic acids is 2. The Bertz CT molecular complexity index is 1240. The average Bonchev–Trinajstić information content (AvgIpc) is 3.19. The van der Waals surface area contributed by atoms with Crippen LogP contribution in [0.15, 0.2) is 53.9 Å². The van der Waals surface area contributed by atoms with Crippen LogP contribution in [0.4, 0.5) is 5.13 Å². The standard InChI is InChI=1S/C24H21N3O4S/c1-14(28)11-15-12-32-22(25-15)26-21(29)23(2)13-24(27(30)31)18-9-5-3-7-16(18)20(23)17-8-4-6-10-19(17)24/h3-10,12,20H,11,13H2,1-2H3,(H,25,26,29). The molecule has 0 saturated carbocycles. The third kappa shape index (κ3) is 2.75. The highest BCUT2D eigenvalue weighted by molar-refractivity contribution is 7.13. The second-order valence-electron chi connectivity index (χ2n) is 8.80. The van der Waals surface area contributed by atoms with E-state index in [1.54, 1.807) is 12.3 Å². The molecule has 3 aliphatic rings. The molecule has 3 aromatic rings. The number of nitro groups is 1. The van der Waals surface area contributed by atoms with Crippen molar-refractivity contribution in [2.24, 2.45) is 5.41 Å². The van der Waals surface area contributed by atoms with Crippen LogP contribution < -0.4 is 5.32 Å². The Labute approximate surface area is 188 Å². The monoisotopic (exact) mass is 447 g/mol. The highest BCUT2D eigenvalue weighted by Crippen LogP contribution is 2.63. The third-order valence-corrected chi connectivity index (χ3v) is 7.53. The van der Waals surface area contributed by atoms with E-state index in [1.165, 1.54) is 18.3 Å². The third-order valence-electron chi connectivity index (χ3n) is 6.73. The zero-order valence-corrected chi connectivity index (χ0v) is 18.4. The van der Waals surface area contributed by atoms with Gasteiger partial charge in [-0.3, -0.25) is 19.7 Å². The van der Waals surface area contributed by atoms with Gasteiger partial charge in [0.25, 0.3) is 5.54 Å². The second-order valence-corrected chi connectivity index (χ2v) is 9.65. The van der Waals surface area contributed by atoms with Crippen LogP contribution in [-0.4, -0.2) is 21.6 Å². The van der Waals surface area contributed by atoms with Crippen LogP contribution in [0.1, 0.15) is 54.1 Å². The number of thiazole rings is 1. The Hall–Kier alpha value is -3.39. The van der Waals surface area contributed by atoms with E-state index < -0.39 is 11.0 Å². The van der Waals surface area contributed by atoms with E-state index in [9.17, 15) is 19.7 Å². The predicted octanol–water partition coefficient (Wildman–Crippen LogP) is 4.29. The molecule has 1 aromatic heterocycles. The van der Waals surface area contributed by atoms with E-state index in [0.29, 0.717) is 22.0 Å². The van der Waals surface area contributed by atoms with Crippen LogP contribution >= 0.6 is 11.3 Å². The number of nitrogens with one attached hydrogen (secondary N) is 1. The summed E-state index contributed by atoms with van der Waals surface area (Å²) in [6.07, 6.45) is 0.265. The molecule has 8 heteroatoms. The summed E-state index contributed by atoms with van der Waals surface area (Å²) in [5.41, 5.74) is 1.03. The van der Waals surface area contributed by atoms with Gasteiger partial charge in [-0.25, -0.2) is 4.98 Å². The number of Topliss-reactive ketones (excluding diaryl/α,β-unsaturated/α-hetero) is 1. The molecule has 0 fully saturated rings. The van der Waals surface area contributed by atoms with Gasteiger partial charge in [0.15, 0.2) is 5.13 Å². The van der Waals surface area contributed by atoms with Crippen molar-refractivity contribution in [3.63, 3.8) is 0 Å². The molecule has 162 valence electrons. The molecular weight excluding hydrogens is 426 g/mol. The van der Waals surface area contributed by atoms with Crippen molar-refractivity contribution in [3.05, 3.63) is 92.0 Å². The van der Waals surface area contributed by atoms with Gasteiger partial charge >= 0.3 is 0 Å². The van der Waals surface area contributed by atoms with E-state index in [2.05, 4.69) is 10.3 Å². The molecule has 1 N–H and O–H groups in total. The van der Waals surface area contributed by atoms with Crippen molar-refractivity contribution in [2.45, 2.75) is 38.1 Å². The minimum Gasteiger partial charge on any atom is -0.301 e. The smallest absolute Gasteiger partial charge is 0.273 e. The number of nitrogens with zero attached hydrogens (tertiary/aromatic N) is 2. The quantitative estimate of drug-likeness (QED) is 0.464. The fraction of sp³-hybridized carbons (Fsp3) is 0.292. The molecule has 2 aromatic carbocycles. The molecule has 0 saturated heterocycles. The summed E-state index contributed by atoms with van der Waals surface area (Å²) in [6, 6.07) is 14.8. The Morgan fingerprint density at radius 1 is 1.16 bits per heavy atom. The number of hydrogen-bond donors (Lipinski definition) is 1. The van der Waals surface area contributed by atoms with E-state index in [1.807, 2.05) is 48.5 Å². The number of rotatable bonds is 5. The first-order valence-corrected chi connectivity index (χ1v) is 11.2. The van der Waals surface area contributed by atoms with Gasteiger partial charge in [-0.2, -0.15) is 0 Å². The number of amides is 1. The van der Waals surface area contributed by atoms with Crippen molar-refractivity contribution in [3.8, 4) is 0 Å². The first kappa shape index (κ1) is 20.5. The molecule has 1 heterocycles. The van der Waals surface area contributed by atoms with Crippen LogP contribution in [0.2, 0.25) is 0 Å². The summed E-state index contributed by atoms with van der Waals surface area (Å²) < 4.78 is 0. The number of aromatic nitrogens is 1. The number of hydrogen-bond acceptors (Lipinski definition) is 6. The SMILES string of the molecule is CC(=O)Cc1csc(NC(=O)C2(C)CC3([N+](=O)[O-])c4ccccc4C2c2ccccc23)n1. The summed E-state index contributed by atoms with van der Waals surface area (Å²) >= 11 is 1.25. The van der Waals surface area contributed by atoms with Gasteiger partial charge in [0, 0.05) is 40.2 Å². The molecule has 2 bridgehead atoms. The minimum atomic E-state index is -1.49. The molecule has 6 rings (SSSR count). The Kier molecular flexibility index (Phi) is 4.53. The van der Waals surface area contributed by atoms with Crippen LogP contribution in [0.3, 0.4) is 0 Å². The molecule has 0 aliphatic heterocycles. The van der Waals surface area contributed by atoms with Crippen molar-refractivity contribution in [2.75, 3.05) is 5.32 Å². The number of anilines is 1. The summed E-state index contributed by atoms with van der Waals surface area (Å²) in [6.45, 7) is 3.30. The first-order valence-electron chi connectivity index (χ1n) is 10.4. The lowest BCUT2D eigenvalue weighted by Gasteiger charge is -2.52. The fourth-order valence-electron chi connectivity index (χ4n) is 5.49. The summed E-state index contributed by atoms with van der Waals surface area (Å²) in [5, 5.41) is 17.7. The highest BCUT2D eigenvalue weighted by Gasteiger charge is 2.67. The molecule has 7 nitrogen and oxygen atoms in total. The summed E-state index contributed by atoms with van der Waals surface area (Å²) in [7, 11) is 0. The normalized spacial score (nSPS) is 25.0. The summed E-state index contributed by atoms with van der Waals surface area (Å²) in [5.74, 6) is -0.624. The van der Waals surface area contributed by atoms with Gasteiger partial charge in [0.05, 0.1) is 11.1 Å². The molecule has 1 atom stereocenters. The zero-order valence-electron chi connectivity index (χ0n) is 17.6. The van der Waals surface area contributed by atoms with Gasteiger partial charge in [0.1, 0.15) is 5.78 Å². The van der Waals surface area contributed by atoms with E-state index in [0.717, 1.165) is 11.1 Å². The van der Waals surface area contributed by atoms with Crippen LogP contribution in [0.5, 0.6) is 0 Å². The number of carbonyl (C=O) groups is 2. The second kappa shape index (κ2) is 7.06.